The Hall–Kier alpha value is -6.13. The lowest BCUT2D eigenvalue weighted by Gasteiger charge is -2.46. The average Bonchev–Trinajstić information content (AvgIpc) is 3.51. The Balaban J connectivity index is 1.40. The van der Waals surface area contributed by atoms with Gasteiger partial charge in [-0.05, 0) is 28.5 Å². The molecule has 6 aromatic rings. The van der Waals surface area contributed by atoms with Crippen molar-refractivity contribution in [2.24, 2.45) is 4.99 Å². The van der Waals surface area contributed by atoms with Crippen molar-refractivity contribution in [3.8, 4) is 0 Å². The van der Waals surface area contributed by atoms with Gasteiger partial charge in [-0.3, -0.25) is 14.6 Å². The van der Waals surface area contributed by atoms with Crippen LogP contribution < -0.4 is 15.5 Å². The number of fused-ring (bicyclic) bond motifs is 3. The zero-order valence-corrected chi connectivity index (χ0v) is 26.2. The lowest BCUT2D eigenvalue weighted by atomic mass is 9.79. The summed E-state index contributed by atoms with van der Waals surface area (Å²) < 4.78 is 0. The number of hydrogen-bond donors (Lipinski definition) is 0. The van der Waals surface area contributed by atoms with Gasteiger partial charge in [0.1, 0.15) is 0 Å². The van der Waals surface area contributed by atoms with Gasteiger partial charge >= 0.3 is 0 Å². The standard InChI is InChI=1S/C44H32N2O2/c47-42(33-20-10-3-11-21-33)41(43(48)34-22-12-4-13-23-34)35-26-27-38-40(28-35)46-39(32-18-8-2-9-19-32)29-36(31-16-6-1-7-17-31)30-44(46,45-38)37-24-14-5-15-25-37/h1-29,36H,30H2. The second kappa shape index (κ2) is 12.2. The second-order valence-corrected chi connectivity index (χ2v) is 12.2. The van der Waals surface area contributed by atoms with Crippen LogP contribution in [-0.4, -0.2) is 11.6 Å². The highest BCUT2D eigenvalue weighted by Crippen LogP contribution is 2.52. The molecule has 2 unspecified atom stereocenters. The number of benzene rings is 6. The van der Waals surface area contributed by atoms with Gasteiger partial charge in [-0.25, -0.2) is 0 Å². The Morgan fingerprint density at radius 1 is 0.604 bits per heavy atom. The molecular formula is C44H32N2O2. The molecule has 0 aliphatic carbocycles. The van der Waals surface area contributed by atoms with Gasteiger partial charge in [-0.15, -0.1) is 0 Å². The van der Waals surface area contributed by atoms with Gasteiger partial charge in [-0.1, -0.05) is 164 Å². The maximum atomic E-state index is 14.2. The number of nitrogens with zero attached hydrogens (tertiary/aromatic N) is 2. The molecule has 0 amide bonds. The predicted molar refractivity (Wildman–Crippen MR) is 191 cm³/mol. The minimum absolute atomic E-state index is 0.0943. The van der Waals surface area contributed by atoms with E-state index in [9.17, 15) is 9.59 Å². The number of anilines is 1. The summed E-state index contributed by atoms with van der Waals surface area (Å²) >= 11 is 0. The van der Waals surface area contributed by atoms with Crippen molar-refractivity contribution in [2.45, 2.75) is 18.0 Å². The van der Waals surface area contributed by atoms with Crippen LogP contribution in [-0.2, 0) is 5.66 Å². The third-order valence-corrected chi connectivity index (χ3v) is 9.34. The van der Waals surface area contributed by atoms with Crippen LogP contribution in [0, 0.1) is 0 Å². The van der Waals surface area contributed by atoms with E-state index in [0.29, 0.717) is 22.8 Å². The van der Waals surface area contributed by atoms with Crippen molar-refractivity contribution in [2.75, 3.05) is 4.90 Å². The molecule has 0 saturated heterocycles. The number of Topliss-reactive ketones (excluding diaryl/α,β-unsaturated/α-hetero) is 2. The number of hydrogen-bond acceptors (Lipinski definition) is 4. The monoisotopic (exact) mass is 620 g/mol. The maximum Gasteiger partial charge on any atom is 0.197 e. The number of ketones is 2. The Morgan fingerprint density at radius 2 is 1.12 bits per heavy atom. The smallest absolute Gasteiger partial charge is 0.197 e. The van der Waals surface area contributed by atoms with E-state index in [-0.39, 0.29) is 23.1 Å². The van der Waals surface area contributed by atoms with Crippen LogP contribution in [0.5, 0.6) is 0 Å². The molecule has 0 radical (unpaired) electrons. The van der Waals surface area contributed by atoms with E-state index in [2.05, 4.69) is 83.8 Å². The minimum Gasteiger partial charge on any atom is -0.310 e. The van der Waals surface area contributed by atoms with Crippen molar-refractivity contribution in [3.05, 3.63) is 214 Å². The molecule has 2 atom stereocenters. The minimum atomic E-state index is -0.754. The van der Waals surface area contributed by atoms with Crippen molar-refractivity contribution in [3.63, 3.8) is 0 Å². The van der Waals surface area contributed by atoms with E-state index in [1.807, 2.05) is 72.8 Å². The summed E-state index contributed by atoms with van der Waals surface area (Å²) in [7, 11) is 0. The Labute approximate surface area is 279 Å². The largest absolute Gasteiger partial charge is 0.310 e. The molecule has 4 nitrogen and oxygen atoms in total. The predicted octanol–water partition coefficient (Wildman–Crippen LogP) is 8.12. The summed E-state index contributed by atoms with van der Waals surface area (Å²) in [5.41, 5.74) is 5.58. The molecule has 2 heterocycles. The van der Waals surface area contributed by atoms with Gasteiger partial charge in [0.05, 0.1) is 16.6 Å². The third-order valence-electron chi connectivity index (χ3n) is 9.34. The first-order valence-electron chi connectivity index (χ1n) is 16.2. The van der Waals surface area contributed by atoms with E-state index in [4.69, 9.17) is 4.99 Å². The number of allylic oxidation sites excluding steroid dienone is 1. The molecule has 0 saturated carbocycles. The normalized spacial score (nSPS) is 17.8. The van der Waals surface area contributed by atoms with Gasteiger partial charge in [0.2, 0.25) is 0 Å². The number of carbonyl (C=O) groups is 2. The van der Waals surface area contributed by atoms with E-state index < -0.39 is 5.66 Å². The van der Waals surface area contributed by atoms with Gasteiger partial charge in [0.15, 0.2) is 17.2 Å². The van der Waals surface area contributed by atoms with Crippen molar-refractivity contribution >= 4 is 28.5 Å². The Bertz CT molecular complexity index is 2230. The third kappa shape index (κ3) is 5.08. The van der Waals surface area contributed by atoms with Crippen LogP contribution in [0.3, 0.4) is 0 Å². The summed E-state index contributed by atoms with van der Waals surface area (Å²) in [6.07, 6.45) is 3.06. The first-order valence-corrected chi connectivity index (χ1v) is 16.2. The van der Waals surface area contributed by atoms with Gasteiger partial charge < -0.3 is 4.90 Å². The SMILES string of the molecule is O=C(C(C(=O)c1ccccc1)=c1ccc2c(c1)N1C(c3ccccc3)=CC(c3ccccc3)CC1(c1ccccc1)N=2)c1ccccc1. The first-order chi connectivity index (χ1) is 23.6. The lowest BCUT2D eigenvalue weighted by Crippen LogP contribution is -2.45. The van der Waals surface area contributed by atoms with Crippen molar-refractivity contribution in [1.82, 2.24) is 0 Å². The van der Waals surface area contributed by atoms with Crippen LogP contribution in [0.4, 0.5) is 5.69 Å². The molecule has 0 bridgehead atoms. The summed E-state index contributed by atoms with van der Waals surface area (Å²) in [6.45, 7) is 0. The molecule has 8 rings (SSSR count). The van der Waals surface area contributed by atoms with Crippen molar-refractivity contribution < 1.29 is 9.59 Å². The highest BCUT2D eigenvalue weighted by atomic mass is 16.1. The fourth-order valence-electron chi connectivity index (χ4n) is 7.10. The average molecular weight is 621 g/mol. The molecule has 6 aromatic carbocycles. The number of carbonyl (C=O) groups excluding carboxylic acids is 2. The van der Waals surface area contributed by atoms with Crippen LogP contribution in [0.25, 0.3) is 11.3 Å². The van der Waals surface area contributed by atoms with Crippen LogP contribution in [0.15, 0.2) is 181 Å². The van der Waals surface area contributed by atoms with E-state index in [1.54, 1.807) is 24.3 Å². The summed E-state index contributed by atoms with van der Waals surface area (Å²) in [5.74, 6) is -0.526. The van der Waals surface area contributed by atoms with Crippen LogP contribution in [0.2, 0.25) is 0 Å². The van der Waals surface area contributed by atoms with Crippen LogP contribution >= 0.6 is 0 Å². The highest BCUT2D eigenvalue weighted by Gasteiger charge is 2.49. The van der Waals surface area contributed by atoms with E-state index in [0.717, 1.165) is 27.9 Å². The van der Waals surface area contributed by atoms with E-state index >= 15 is 0 Å². The molecule has 230 valence electrons. The molecule has 0 aromatic heterocycles. The maximum absolute atomic E-state index is 14.2. The van der Waals surface area contributed by atoms with Crippen LogP contribution in [0.1, 0.15) is 49.7 Å². The molecule has 2 aliphatic rings. The fraction of sp³-hybridized carbons (Fsp3) is 0.0682. The summed E-state index contributed by atoms with van der Waals surface area (Å²) in [6, 6.07) is 55.3. The molecule has 0 spiro atoms. The number of rotatable bonds is 7. The quantitative estimate of drug-likeness (QED) is 0.134. The zero-order valence-electron chi connectivity index (χ0n) is 26.2. The van der Waals surface area contributed by atoms with Gasteiger partial charge in [0.25, 0.3) is 0 Å². The lowest BCUT2D eigenvalue weighted by molar-refractivity contribution is 0.0997. The van der Waals surface area contributed by atoms with E-state index in [1.165, 1.54) is 5.56 Å². The Morgan fingerprint density at radius 3 is 1.71 bits per heavy atom. The molecule has 2 aliphatic heterocycles. The fourth-order valence-corrected chi connectivity index (χ4v) is 7.10. The first kappa shape index (κ1) is 29.3. The molecule has 4 heteroatoms. The summed E-state index contributed by atoms with van der Waals surface area (Å²) in [5, 5.41) is 1.38. The Kier molecular flexibility index (Phi) is 7.46. The van der Waals surface area contributed by atoms with Crippen molar-refractivity contribution in [1.29, 1.82) is 0 Å². The van der Waals surface area contributed by atoms with Gasteiger partial charge in [0, 0.05) is 34.7 Å². The van der Waals surface area contributed by atoms with Gasteiger partial charge in [-0.2, -0.15) is 0 Å². The zero-order chi connectivity index (χ0) is 32.5. The molecule has 48 heavy (non-hydrogen) atoms. The summed E-state index contributed by atoms with van der Waals surface area (Å²) in [4.78, 5) is 36.3. The topological polar surface area (TPSA) is 49.7 Å². The molecule has 0 N–H and O–H groups in total. The second-order valence-electron chi connectivity index (χ2n) is 12.2. The molecule has 0 fully saturated rings. The molecular weight excluding hydrogens is 588 g/mol. The highest BCUT2D eigenvalue weighted by molar-refractivity contribution is 6.49.